The second-order valence-electron chi connectivity index (χ2n) is 3.40. The van der Waals surface area contributed by atoms with Gasteiger partial charge in [-0.1, -0.05) is 15.9 Å². The normalized spacial score (nSPS) is 9.83. The maximum atomic E-state index is 11.6. The van der Waals surface area contributed by atoms with Crippen LogP contribution in [0.4, 0.5) is 5.69 Å². The number of benzene rings is 1. The van der Waals surface area contributed by atoms with E-state index >= 15 is 0 Å². The number of carbonyl (C=O) groups is 1. The standard InChI is InChI=1S/C12H13BrN2O3/c1-17-4-5-18-8-12(16)15-11-6-10(13)3-2-9(11)7-14/h2-3,6H,4-5,8H2,1H3,(H,15,16). The van der Waals surface area contributed by atoms with E-state index in [-0.39, 0.29) is 12.5 Å². The van der Waals surface area contributed by atoms with E-state index in [1.807, 2.05) is 6.07 Å². The highest BCUT2D eigenvalue weighted by atomic mass is 79.9. The molecule has 0 saturated carbocycles. The average molecular weight is 313 g/mol. The maximum Gasteiger partial charge on any atom is 0.250 e. The fraction of sp³-hybridized carbons (Fsp3) is 0.333. The van der Waals surface area contributed by atoms with E-state index in [1.165, 1.54) is 0 Å². The number of hydrogen-bond donors (Lipinski definition) is 1. The van der Waals surface area contributed by atoms with Gasteiger partial charge >= 0.3 is 0 Å². The predicted molar refractivity (Wildman–Crippen MR) is 70.2 cm³/mol. The number of nitrogens with zero attached hydrogens (tertiary/aromatic N) is 1. The number of hydrogen-bond acceptors (Lipinski definition) is 4. The van der Waals surface area contributed by atoms with E-state index in [0.717, 1.165) is 4.47 Å². The molecule has 1 aromatic carbocycles. The highest BCUT2D eigenvalue weighted by Crippen LogP contribution is 2.20. The lowest BCUT2D eigenvalue weighted by Gasteiger charge is -2.08. The molecule has 0 saturated heterocycles. The molecule has 5 nitrogen and oxygen atoms in total. The van der Waals surface area contributed by atoms with Crippen LogP contribution in [0.5, 0.6) is 0 Å². The van der Waals surface area contributed by atoms with Gasteiger partial charge in [-0.3, -0.25) is 4.79 Å². The minimum absolute atomic E-state index is 0.0687. The van der Waals surface area contributed by atoms with Crippen molar-refractivity contribution in [2.24, 2.45) is 0 Å². The summed E-state index contributed by atoms with van der Waals surface area (Å²) in [6.07, 6.45) is 0. The number of anilines is 1. The zero-order valence-corrected chi connectivity index (χ0v) is 11.5. The van der Waals surface area contributed by atoms with Gasteiger partial charge in [-0.05, 0) is 18.2 Å². The van der Waals surface area contributed by atoms with Crippen LogP contribution in [0.1, 0.15) is 5.56 Å². The molecular weight excluding hydrogens is 300 g/mol. The molecule has 0 bridgehead atoms. The summed E-state index contributed by atoms with van der Waals surface area (Å²) in [4.78, 5) is 11.6. The summed E-state index contributed by atoms with van der Waals surface area (Å²) in [5, 5.41) is 11.5. The number of ether oxygens (including phenoxy) is 2. The van der Waals surface area contributed by atoms with Crippen LogP contribution < -0.4 is 5.32 Å². The third-order valence-electron chi connectivity index (χ3n) is 2.04. The molecule has 0 heterocycles. The second-order valence-corrected chi connectivity index (χ2v) is 4.31. The van der Waals surface area contributed by atoms with E-state index in [9.17, 15) is 4.79 Å². The van der Waals surface area contributed by atoms with Gasteiger partial charge in [0.25, 0.3) is 0 Å². The minimum Gasteiger partial charge on any atom is -0.382 e. The van der Waals surface area contributed by atoms with Gasteiger partial charge in [-0.15, -0.1) is 0 Å². The molecule has 0 atom stereocenters. The maximum absolute atomic E-state index is 11.6. The van der Waals surface area contributed by atoms with Crippen LogP contribution in [0.25, 0.3) is 0 Å². The highest BCUT2D eigenvalue weighted by molar-refractivity contribution is 9.10. The summed E-state index contributed by atoms with van der Waals surface area (Å²) in [6, 6.07) is 7.05. The lowest BCUT2D eigenvalue weighted by Crippen LogP contribution is -2.20. The second kappa shape index (κ2) is 7.82. The number of nitrogens with one attached hydrogen (secondary N) is 1. The van der Waals surface area contributed by atoms with Crippen LogP contribution in [0.15, 0.2) is 22.7 Å². The fourth-order valence-corrected chi connectivity index (χ4v) is 1.57. The topological polar surface area (TPSA) is 71.3 Å². The van der Waals surface area contributed by atoms with Crippen molar-refractivity contribution < 1.29 is 14.3 Å². The number of methoxy groups -OCH3 is 1. The Morgan fingerprint density at radius 3 is 2.94 bits per heavy atom. The number of amides is 1. The van der Waals surface area contributed by atoms with Gasteiger partial charge in [0.15, 0.2) is 0 Å². The van der Waals surface area contributed by atoms with E-state index in [4.69, 9.17) is 14.7 Å². The van der Waals surface area contributed by atoms with Gasteiger partial charge in [0.2, 0.25) is 5.91 Å². The molecule has 0 aliphatic carbocycles. The molecule has 18 heavy (non-hydrogen) atoms. The Morgan fingerprint density at radius 1 is 1.50 bits per heavy atom. The van der Waals surface area contributed by atoms with Gasteiger partial charge in [0, 0.05) is 11.6 Å². The Labute approximate surface area is 114 Å². The molecule has 1 amide bonds. The monoisotopic (exact) mass is 312 g/mol. The van der Waals surface area contributed by atoms with Crippen LogP contribution in [0.2, 0.25) is 0 Å². The first-order valence-corrected chi connectivity index (χ1v) is 6.03. The molecular formula is C12H13BrN2O3. The molecule has 1 rings (SSSR count). The van der Waals surface area contributed by atoms with Crippen molar-refractivity contribution in [2.75, 3.05) is 32.2 Å². The molecule has 0 radical (unpaired) electrons. The smallest absolute Gasteiger partial charge is 0.250 e. The molecule has 0 fully saturated rings. The van der Waals surface area contributed by atoms with Gasteiger partial charge in [-0.2, -0.15) is 5.26 Å². The van der Waals surface area contributed by atoms with Crippen molar-refractivity contribution in [3.05, 3.63) is 28.2 Å². The Balaban J connectivity index is 2.54. The summed E-state index contributed by atoms with van der Waals surface area (Å²) in [7, 11) is 1.56. The van der Waals surface area contributed by atoms with Crippen LogP contribution in [-0.4, -0.2) is 32.8 Å². The molecule has 1 aromatic rings. The van der Waals surface area contributed by atoms with Gasteiger partial charge in [0.1, 0.15) is 12.7 Å². The first-order chi connectivity index (χ1) is 8.67. The SMILES string of the molecule is COCCOCC(=O)Nc1cc(Br)ccc1C#N. The highest BCUT2D eigenvalue weighted by Gasteiger charge is 2.07. The summed E-state index contributed by atoms with van der Waals surface area (Å²) in [5.74, 6) is -0.305. The predicted octanol–water partition coefficient (Wildman–Crippen LogP) is 1.92. The zero-order chi connectivity index (χ0) is 13.4. The van der Waals surface area contributed by atoms with Gasteiger partial charge in [-0.25, -0.2) is 0 Å². The number of nitriles is 1. The van der Waals surface area contributed by atoms with Crippen molar-refractivity contribution >= 4 is 27.5 Å². The third kappa shape index (κ3) is 4.84. The number of rotatable bonds is 6. The van der Waals surface area contributed by atoms with Crippen LogP contribution in [0.3, 0.4) is 0 Å². The molecule has 0 unspecified atom stereocenters. The minimum atomic E-state index is -0.305. The fourth-order valence-electron chi connectivity index (χ4n) is 1.21. The van der Waals surface area contributed by atoms with Crippen molar-refractivity contribution in [3.8, 4) is 6.07 Å². The lowest BCUT2D eigenvalue weighted by atomic mass is 10.2. The molecule has 0 aliphatic rings. The molecule has 96 valence electrons. The lowest BCUT2D eigenvalue weighted by molar-refractivity contribution is -0.121. The van der Waals surface area contributed by atoms with Crippen molar-refractivity contribution in [1.29, 1.82) is 5.26 Å². The third-order valence-corrected chi connectivity index (χ3v) is 2.53. The molecule has 0 aliphatic heterocycles. The Kier molecular flexibility index (Phi) is 6.36. The number of carbonyl (C=O) groups excluding carboxylic acids is 1. The first kappa shape index (κ1) is 14.6. The van der Waals surface area contributed by atoms with E-state index in [0.29, 0.717) is 24.5 Å². The molecule has 0 spiro atoms. The Morgan fingerprint density at radius 2 is 2.28 bits per heavy atom. The van der Waals surface area contributed by atoms with Gasteiger partial charge < -0.3 is 14.8 Å². The van der Waals surface area contributed by atoms with Crippen LogP contribution in [0, 0.1) is 11.3 Å². The van der Waals surface area contributed by atoms with Crippen LogP contribution in [-0.2, 0) is 14.3 Å². The summed E-state index contributed by atoms with van der Waals surface area (Å²) < 4.78 is 10.7. The van der Waals surface area contributed by atoms with Crippen molar-refractivity contribution in [3.63, 3.8) is 0 Å². The zero-order valence-electron chi connectivity index (χ0n) is 9.90. The Bertz CT molecular complexity index is 457. The quantitative estimate of drug-likeness (QED) is 0.815. The molecule has 1 N–H and O–H groups in total. The summed E-state index contributed by atoms with van der Waals surface area (Å²) in [6.45, 7) is 0.724. The van der Waals surface area contributed by atoms with E-state index < -0.39 is 0 Å². The van der Waals surface area contributed by atoms with E-state index in [1.54, 1.807) is 25.3 Å². The first-order valence-electron chi connectivity index (χ1n) is 5.23. The Hall–Kier alpha value is -1.42. The average Bonchev–Trinajstić information content (AvgIpc) is 2.35. The largest absolute Gasteiger partial charge is 0.382 e. The number of halogens is 1. The summed E-state index contributed by atoms with van der Waals surface area (Å²) >= 11 is 3.28. The molecule has 0 aromatic heterocycles. The summed E-state index contributed by atoms with van der Waals surface area (Å²) in [5.41, 5.74) is 0.871. The van der Waals surface area contributed by atoms with Crippen LogP contribution >= 0.6 is 15.9 Å². The van der Waals surface area contributed by atoms with E-state index in [2.05, 4.69) is 21.2 Å². The van der Waals surface area contributed by atoms with Gasteiger partial charge in [0.05, 0.1) is 24.5 Å². The van der Waals surface area contributed by atoms with Crippen molar-refractivity contribution in [2.45, 2.75) is 0 Å². The van der Waals surface area contributed by atoms with Crippen molar-refractivity contribution in [1.82, 2.24) is 0 Å². The molecule has 6 heteroatoms.